The van der Waals surface area contributed by atoms with Crippen molar-refractivity contribution in [1.29, 1.82) is 0 Å². The van der Waals surface area contributed by atoms with Gasteiger partial charge in [-0.05, 0) is 32.1 Å². The smallest absolute Gasteiger partial charge is 0.0776 e. The van der Waals surface area contributed by atoms with Crippen molar-refractivity contribution in [3.05, 3.63) is 0 Å². The van der Waals surface area contributed by atoms with Crippen molar-refractivity contribution in [1.82, 2.24) is 4.90 Å². The van der Waals surface area contributed by atoms with Crippen molar-refractivity contribution in [2.75, 3.05) is 13.1 Å². The van der Waals surface area contributed by atoms with Crippen molar-refractivity contribution in [2.45, 2.75) is 57.6 Å². The van der Waals surface area contributed by atoms with Gasteiger partial charge in [-0.15, -0.1) is 0 Å². The van der Waals surface area contributed by atoms with E-state index in [1.165, 1.54) is 25.8 Å². The summed E-state index contributed by atoms with van der Waals surface area (Å²) in [6, 6.07) is 0.705. The topological polar surface area (TPSA) is 23.5 Å². The van der Waals surface area contributed by atoms with Gasteiger partial charge in [0.05, 0.1) is 5.60 Å². The Morgan fingerprint density at radius 1 is 1.36 bits per heavy atom. The molecule has 1 aliphatic carbocycles. The Kier molecular flexibility index (Phi) is 2.85. The zero-order chi connectivity index (χ0) is 10.2. The fraction of sp³-hybridized carbons (Fsp3) is 1.00. The van der Waals surface area contributed by atoms with Gasteiger partial charge in [0, 0.05) is 19.1 Å². The molecule has 0 aromatic heterocycles. The van der Waals surface area contributed by atoms with Crippen LogP contribution in [0.3, 0.4) is 0 Å². The SMILES string of the molecule is CC1CCCC(O)(CN2CCC2C)C1. The summed E-state index contributed by atoms with van der Waals surface area (Å²) in [5.74, 6) is 0.713. The maximum absolute atomic E-state index is 10.5. The van der Waals surface area contributed by atoms with Crippen LogP contribution in [0.5, 0.6) is 0 Å². The van der Waals surface area contributed by atoms with Gasteiger partial charge in [0.2, 0.25) is 0 Å². The molecule has 1 saturated carbocycles. The highest BCUT2D eigenvalue weighted by atomic mass is 16.3. The monoisotopic (exact) mass is 197 g/mol. The summed E-state index contributed by atoms with van der Waals surface area (Å²) in [4.78, 5) is 2.43. The average Bonchev–Trinajstić information content (AvgIpc) is 2.12. The van der Waals surface area contributed by atoms with Gasteiger partial charge in [0.1, 0.15) is 0 Å². The van der Waals surface area contributed by atoms with Crippen LogP contribution in [0, 0.1) is 5.92 Å². The van der Waals surface area contributed by atoms with Gasteiger partial charge in [0.25, 0.3) is 0 Å². The first-order valence-corrected chi connectivity index (χ1v) is 6.05. The van der Waals surface area contributed by atoms with Crippen LogP contribution in [0.1, 0.15) is 46.0 Å². The Morgan fingerprint density at radius 3 is 2.64 bits per heavy atom. The Bertz CT molecular complexity index is 206. The summed E-state index contributed by atoms with van der Waals surface area (Å²) in [7, 11) is 0. The van der Waals surface area contributed by atoms with E-state index in [9.17, 15) is 5.11 Å². The Balaban J connectivity index is 1.87. The van der Waals surface area contributed by atoms with Gasteiger partial charge in [-0.25, -0.2) is 0 Å². The standard InChI is InChI=1S/C12H23NO/c1-10-4-3-6-12(14,8-10)9-13-7-5-11(13)2/h10-11,14H,3-9H2,1-2H3. The second kappa shape index (κ2) is 3.82. The fourth-order valence-corrected chi connectivity index (χ4v) is 2.96. The Labute approximate surface area is 87.3 Å². The number of nitrogens with zero attached hydrogens (tertiary/aromatic N) is 1. The van der Waals surface area contributed by atoms with E-state index >= 15 is 0 Å². The molecule has 1 saturated heterocycles. The molecule has 2 aliphatic rings. The first-order valence-electron chi connectivity index (χ1n) is 6.05. The van der Waals surface area contributed by atoms with Gasteiger partial charge in [-0.3, -0.25) is 4.90 Å². The van der Waals surface area contributed by atoms with Gasteiger partial charge in [0.15, 0.2) is 0 Å². The van der Waals surface area contributed by atoms with E-state index in [1.54, 1.807) is 0 Å². The maximum atomic E-state index is 10.5. The number of aliphatic hydroxyl groups is 1. The lowest BCUT2D eigenvalue weighted by Crippen LogP contribution is -2.54. The quantitative estimate of drug-likeness (QED) is 0.732. The molecular weight excluding hydrogens is 174 g/mol. The lowest BCUT2D eigenvalue weighted by Gasteiger charge is -2.46. The van der Waals surface area contributed by atoms with Crippen LogP contribution in [0.2, 0.25) is 0 Å². The summed E-state index contributed by atoms with van der Waals surface area (Å²) in [5.41, 5.74) is -0.369. The zero-order valence-electron chi connectivity index (χ0n) is 9.50. The summed E-state index contributed by atoms with van der Waals surface area (Å²) in [5, 5.41) is 10.5. The van der Waals surface area contributed by atoms with Crippen molar-refractivity contribution in [3.63, 3.8) is 0 Å². The van der Waals surface area contributed by atoms with Crippen LogP contribution in [0.25, 0.3) is 0 Å². The molecule has 0 aromatic rings. The molecule has 3 atom stereocenters. The maximum Gasteiger partial charge on any atom is 0.0776 e. The molecule has 0 aromatic carbocycles. The molecule has 0 bridgehead atoms. The minimum atomic E-state index is -0.369. The highest BCUT2D eigenvalue weighted by Gasteiger charge is 2.37. The van der Waals surface area contributed by atoms with E-state index in [0.717, 1.165) is 19.4 Å². The van der Waals surface area contributed by atoms with Crippen LogP contribution in [-0.2, 0) is 0 Å². The molecule has 1 heterocycles. The molecule has 3 unspecified atom stereocenters. The lowest BCUT2D eigenvalue weighted by molar-refractivity contribution is -0.0655. The van der Waals surface area contributed by atoms with Crippen molar-refractivity contribution in [2.24, 2.45) is 5.92 Å². The first-order chi connectivity index (χ1) is 6.59. The van der Waals surface area contributed by atoms with E-state index in [-0.39, 0.29) is 5.60 Å². The lowest BCUT2D eigenvalue weighted by atomic mass is 9.78. The predicted octanol–water partition coefficient (Wildman–Crippen LogP) is 2.02. The van der Waals surface area contributed by atoms with Crippen molar-refractivity contribution >= 4 is 0 Å². The van der Waals surface area contributed by atoms with E-state index in [0.29, 0.717) is 12.0 Å². The molecule has 14 heavy (non-hydrogen) atoms. The Hall–Kier alpha value is -0.0800. The number of hydrogen-bond acceptors (Lipinski definition) is 2. The molecule has 0 spiro atoms. The number of likely N-dealkylation sites (tertiary alicyclic amines) is 1. The molecule has 82 valence electrons. The highest BCUT2D eigenvalue weighted by Crippen LogP contribution is 2.34. The number of β-amino-alcohol motifs (C(OH)–C–C–N with tert-alkyl or cyclic N) is 1. The van der Waals surface area contributed by atoms with Gasteiger partial charge < -0.3 is 5.11 Å². The molecule has 2 fully saturated rings. The molecule has 0 radical (unpaired) electrons. The number of hydrogen-bond donors (Lipinski definition) is 1. The van der Waals surface area contributed by atoms with E-state index in [2.05, 4.69) is 18.7 Å². The zero-order valence-corrected chi connectivity index (χ0v) is 9.50. The fourth-order valence-electron chi connectivity index (χ4n) is 2.96. The minimum Gasteiger partial charge on any atom is -0.389 e. The van der Waals surface area contributed by atoms with Crippen molar-refractivity contribution in [3.8, 4) is 0 Å². The summed E-state index contributed by atoms with van der Waals surface area (Å²) in [6.07, 6.45) is 5.85. The predicted molar refractivity (Wildman–Crippen MR) is 58.2 cm³/mol. The third-order valence-corrected chi connectivity index (χ3v) is 4.02. The summed E-state index contributed by atoms with van der Waals surface area (Å²) in [6.45, 7) is 6.64. The normalized spacial score (nSPS) is 44.8. The van der Waals surface area contributed by atoms with Crippen LogP contribution in [-0.4, -0.2) is 34.7 Å². The van der Waals surface area contributed by atoms with Crippen molar-refractivity contribution < 1.29 is 5.11 Å². The van der Waals surface area contributed by atoms with Gasteiger partial charge in [-0.2, -0.15) is 0 Å². The molecule has 2 nitrogen and oxygen atoms in total. The van der Waals surface area contributed by atoms with E-state index in [4.69, 9.17) is 0 Å². The Morgan fingerprint density at radius 2 is 2.14 bits per heavy atom. The van der Waals surface area contributed by atoms with Crippen LogP contribution in [0.4, 0.5) is 0 Å². The molecular formula is C12H23NO. The van der Waals surface area contributed by atoms with Gasteiger partial charge >= 0.3 is 0 Å². The largest absolute Gasteiger partial charge is 0.389 e. The second-order valence-electron chi connectivity index (χ2n) is 5.53. The molecule has 0 amide bonds. The third-order valence-electron chi connectivity index (χ3n) is 4.02. The molecule has 2 heteroatoms. The summed E-state index contributed by atoms with van der Waals surface area (Å²) < 4.78 is 0. The van der Waals surface area contributed by atoms with E-state index < -0.39 is 0 Å². The van der Waals surface area contributed by atoms with Crippen LogP contribution < -0.4 is 0 Å². The molecule has 2 rings (SSSR count). The van der Waals surface area contributed by atoms with Crippen LogP contribution >= 0.6 is 0 Å². The van der Waals surface area contributed by atoms with Crippen LogP contribution in [0.15, 0.2) is 0 Å². The first kappa shape index (κ1) is 10.4. The highest BCUT2D eigenvalue weighted by molar-refractivity contribution is 4.91. The molecule has 1 N–H and O–H groups in total. The third kappa shape index (κ3) is 2.12. The average molecular weight is 197 g/mol. The van der Waals surface area contributed by atoms with E-state index in [1.807, 2.05) is 0 Å². The minimum absolute atomic E-state index is 0.369. The summed E-state index contributed by atoms with van der Waals surface area (Å²) >= 11 is 0. The van der Waals surface area contributed by atoms with Gasteiger partial charge in [-0.1, -0.05) is 19.8 Å². The number of rotatable bonds is 2. The molecule has 1 aliphatic heterocycles. The second-order valence-corrected chi connectivity index (χ2v) is 5.53.